The van der Waals surface area contributed by atoms with E-state index in [4.69, 9.17) is 11.6 Å². The van der Waals surface area contributed by atoms with E-state index in [9.17, 15) is 9.59 Å². The minimum atomic E-state index is 0.000665. The highest BCUT2D eigenvalue weighted by molar-refractivity contribution is 8.13. The Morgan fingerprint density at radius 2 is 2.39 bits per heavy atom. The fourth-order valence-corrected chi connectivity index (χ4v) is 2.65. The number of anilines is 1. The van der Waals surface area contributed by atoms with Gasteiger partial charge in [-0.25, -0.2) is 4.98 Å². The summed E-state index contributed by atoms with van der Waals surface area (Å²) in [5.74, 6) is 1.31. The summed E-state index contributed by atoms with van der Waals surface area (Å²) < 4.78 is 0. The Morgan fingerprint density at radius 3 is 3.06 bits per heavy atom. The average molecular weight is 286 g/mol. The molecule has 1 saturated heterocycles. The second-order valence-electron chi connectivity index (χ2n) is 4.08. The quantitative estimate of drug-likeness (QED) is 0.847. The van der Waals surface area contributed by atoms with Crippen molar-refractivity contribution in [1.29, 1.82) is 0 Å². The maximum absolute atomic E-state index is 11.9. The monoisotopic (exact) mass is 285 g/mol. The van der Waals surface area contributed by atoms with Crippen LogP contribution < -0.4 is 4.90 Å². The second-order valence-corrected chi connectivity index (χ2v) is 5.66. The molecule has 2 heterocycles. The van der Waals surface area contributed by atoms with Crippen molar-refractivity contribution < 1.29 is 9.59 Å². The van der Waals surface area contributed by atoms with Gasteiger partial charge in [0, 0.05) is 25.6 Å². The van der Waals surface area contributed by atoms with Crippen LogP contribution in [0.15, 0.2) is 12.4 Å². The van der Waals surface area contributed by atoms with Crippen LogP contribution in [-0.2, 0) is 9.59 Å². The molecule has 0 spiro atoms. The Morgan fingerprint density at radius 1 is 1.61 bits per heavy atom. The third-order valence-corrected chi connectivity index (χ3v) is 3.82. The minimum Gasteiger partial charge on any atom is -0.295 e. The number of halogens is 1. The zero-order chi connectivity index (χ0) is 13.1. The predicted octanol–water partition coefficient (Wildman–Crippen LogP) is 1.76. The van der Waals surface area contributed by atoms with Crippen molar-refractivity contribution in [2.24, 2.45) is 5.92 Å². The minimum absolute atomic E-state index is 0.000665. The van der Waals surface area contributed by atoms with Gasteiger partial charge in [-0.15, -0.1) is 0 Å². The van der Waals surface area contributed by atoms with Crippen molar-refractivity contribution in [1.82, 2.24) is 9.97 Å². The van der Waals surface area contributed by atoms with Crippen molar-refractivity contribution >= 4 is 40.2 Å². The summed E-state index contributed by atoms with van der Waals surface area (Å²) in [6.07, 6.45) is 3.38. The van der Waals surface area contributed by atoms with Gasteiger partial charge in [0.15, 0.2) is 10.9 Å². The van der Waals surface area contributed by atoms with Gasteiger partial charge in [0.2, 0.25) is 5.91 Å². The highest BCUT2D eigenvalue weighted by atomic mass is 35.5. The smallest absolute Gasteiger partial charge is 0.228 e. The highest BCUT2D eigenvalue weighted by Crippen LogP contribution is 2.26. The molecule has 0 bridgehead atoms. The molecule has 0 radical (unpaired) electrons. The van der Waals surface area contributed by atoms with Crippen molar-refractivity contribution in [2.75, 3.05) is 17.2 Å². The summed E-state index contributed by atoms with van der Waals surface area (Å²) in [6, 6.07) is 0. The first-order valence-corrected chi connectivity index (χ1v) is 6.84. The number of hydrogen-bond donors (Lipinski definition) is 0. The van der Waals surface area contributed by atoms with Gasteiger partial charge in [-0.05, 0) is 5.92 Å². The Kier molecular flexibility index (Phi) is 4.19. The van der Waals surface area contributed by atoms with Crippen LogP contribution in [0.1, 0.15) is 13.3 Å². The lowest BCUT2D eigenvalue weighted by Crippen LogP contribution is -2.25. The highest BCUT2D eigenvalue weighted by Gasteiger charge is 2.31. The van der Waals surface area contributed by atoms with Crippen LogP contribution in [0.5, 0.6) is 0 Å². The summed E-state index contributed by atoms with van der Waals surface area (Å²) in [4.78, 5) is 32.3. The maximum Gasteiger partial charge on any atom is 0.228 e. The van der Waals surface area contributed by atoms with Crippen LogP contribution in [0.3, 0.4) is 0 Å². The van der Waals surface area contributed by atoms with Gasteiger partial charge in [0.05, 0.1) is 12.4 Å². The number of hydrogen-bond acceptors (Lipinski definition) is 5. The molecule has 1 fully saturated rings. The van der Waals surface area contributed by atoms with Gasteiger partial charge in [-0.1, -0.05) is 23.4 Å². The number of amides is 1. The Hall–Kier alpha value is -1.14. The summed E-state index contributed by atoms with van der Waals surface area (Å²) in [6.45, 7) is 2.09. The van der Waals surface area contributed by atoms with Gasteiger partial charge in [-0.2, -0.15) is 0 Å². The number of carbonyl (C=O) groups is 2. The van der Waals surface area contributed by atoms with E-state index >= 15 is 0 Å². The topological polar surface area (TPSA) is 63.2 Å². The number of thioether (sulfide) groups is 1. The Labute approximate surface area is 114 Å². The largest absolute Gasteiger partial charge is 0.295 e. The van der Waals surface area contributed by atoms with E-state index in [0.717, 1.165) is 0 Å². The Balaban J connectivity index is 2.03. The van der Waals surface area contributed by atoms with Crippen molar-refractivity contribution in [3.05, 3.63) is 17.5 Å². The summed E-state index contributed by atoms with van der Waals surface area (Å²) in [7, 11) is 0. The first kappa shape index (κ1) is 13.3. The Bertz CT molecular complexity index is 483. The third kappa shape index (κ3) is 3.20. The van der Waals surface area contributed by atoms with Crippen molar-refractivity contribution in [2.45, 2.75) is 13.3 Å². The first-order chi connectivity index (χ1) is 8.56. The fourth-order valence-electron chi connectivity index (χ4n) is 1.81. The van der Waals surface area contributed by atoms with Gasteiger partial charge in [-0.3, -0.25) is 19.5 Å². The number of aromatic nitrogens is 2. The van der Waals surface area contributed by atoms with Crippen LogP contribution in [0.2, 0.25) is 5.15 Å². The molecule has 1 aromatic rings. The molecule has 0 saturated carbocycles. The van der Waals surface area contributed by atoms with Gasteiger partial charge in [0.25, 0.3) is 0 Å². The molecule has 1 amide bonds. The van der Waals surface area contributed by atoms with Crippen LogP contribution in [0, 0.1) is 5.92 Å². The van der Waals surface area contributed by atoms with E-state index in [1.54, 1.807) is 4.90 Å². The molecule has 0 aliphatic carbocycles. The number of nitrogens with zero attached hydrogens (tertiary/aromatic N) is 3. The molecular formula is C11H12ClN3O2S. The maximum atomic E-state index is 11.9. The van der Waals surface area contributed by atoms with Crippen LogP contribution in [-0.4, -0.2) is 33.3 Å². The predicted molar refractivity (Wildman–Crippen MR) is 70.6 cm³/mol. The standard InChI is InChI=1S/C11H12ClN3O2S/c1-7(16)18-6-8-2-11(17)15(5-8)10-4-13-3-9(12)14-10/h3-4,8H,2,5-6H2,1H3. The summed E-state index contributed by atoms with van der Waals surface area (Å²) in [5, 5.41) is 0.338. The molecule has 1 atom stereocenters. The SMILES string of the molecule is CC(=O)SCC1CC(=O)N(c2cncc(Cl)n2)C1. The van der Waals surface area contributed by atoms with E-state index in [2.05, 4.69) is 9.97 Å². The average Bonchev–Trinajstić information content (AvgIpc) is 2.68. The molecule has 1 aromatic heterocycles. The van der Waals surface area contributed by atoms with E-state index < -0.39 is 0 Å². The number of rotatable bonds is 3. The molecule has 1 aliphatic rings. The second kappa shape index (κ2) is 5.67. The van der Waals surface area contributed by atoms with Gasteiger partial charge >= 0.3 is 0 Å². The third-order valence-electron chi connectivity index (χ3n) is 2.60. The van der Waals surface area contributed by atoms with Gasteiger partial charge < -0.3 is 0 Å². The van der Waals surface area contributed by atoms with Gasteiger partial charge in [0.1, 0.15) is 5.15 Å². The summed E-state index contributed by atoms with van der Waals surface area (Å²) in [5.41, 5.74) is 0. The molecule has 7 heteroatoms. The van der Waals surface area contributed by atoms with Crippen LogP contribution in [0.4, 0.5) is 5.82 Å². The first-order valence-electron chi connectivity index (χ1n) is 5.47. The van der Waals surface area contributed by atoms with E-state index in [1.165, 1.54) is 31.1 Å². The molecule has 5 nitrogen and oxygen atoms in total. The molecule has 1 unspecified atom stereocenters. The normalized spacial score (nSPS) is 19.3. The van der Waals surface area contributed by atoms with Crippen molar-refractivity contribution in [3.8, 4) is 0 Å². The molecule has 2 rings (SSSR count). The van der Waals surface area contributed by atoms with Crippen LogP contribution in [0.25, 0.3) is 0 Å². The molecule has 0 N–H and O–H groups in total. The van der Waals surface area contributed by atoms with E-state index in [0.29, 0.717) is 24.5 Å². The fraction of sp³-hybridized carbons (Fsp3) is 0.455. The van der Waals surface area contributed by atoms with E-state index in [-0.39, 0.29) is 22.1 Å². The van der Waals surface area contributed by atoms with Crippen LogP contribution >= 0.6 is 23.4 Å². The number of carbonyl (C=O) groups excluding carboxylic acids is 2. The van der Waals surface area contributed by atoms with Crippen molar-refractivity contribution in [3.63, 3.8) is 0 Å². The lowest BCUT2D eigenvalue weighted by atomic mass is 10.1. The molecule has 1 aliphatic heterocycles. The molecule has 0 aromatic carbocycles. The lowest BCUT2D eigenvalue weighted by molar-refractivity contribution is -0.117. The molecule has 96 valence electrons. The lowest BCUT2D eigenvalue weighted by Gasteiger charge is -2.14. The molecular weight excluding hydrogens is 274 g/mol. The zero-order valence-corrected chi connectivity index (χ0v) is 11.4. The van der Waals surface area contributed by atoms with E-state index in [1.807, 2.05) is 0 Å². The zero-order valence-electron chi connectivity index (χ0n) is 9.80. The molecule has 18 heavy (non-hydrogen) atoms. The summed E-state index contributed by atoms with van der Waals surface area (Å²) >= 11 is 7.00.